The highest BCUT2D eigenvalue weighted by atomic mass is 19.1. The predicted octanol–water partition coefficient (Wildman–Crippen LogP) is 3.47. The van der Waals surface area contributed by atoms with Crippen LogP contribution < -0.4 is 5.32 Å². The molecule has 2 aromatic carbocycles. The van der Waals surface area contributed by atoms with Gasteiger partial charge in [-0.25, -0.2) is 0 Å². The highest BCUT2D eigenvalue weighted by Gasteiger charge is 2.19. The number of fused-ring (bicyclic) bond motifs is 1. The van der Waals surface area contributed by atoms with Crippen molar-refractivity contribution >= 4 is 22.6 Å². The molecule has 0 heterocycles. The molecule has 0 fully saturated rings. The third kappa shape index (κ3) is 4.52. The van der Waals surface area contributed by atoms with Gasteiger partial charge in [0.15, 0.2) is 0 Å². The van der Waals surface area contributed by atoms with E-state index in [9.17, 15) is 14.0 Å². The lowest BCUT2D eigenvalue weighted by Gasteiger charge is -2.18. The highest BCUT2D eigenvalue weighted by molar-refractivity contribution is 5.87. The lowest BCUT2D eigenvalue weighted by molar-refractivity contribution is -0.138. The van der Waals surface area contributed by atoms with E-state index in [-0.39, 0.29) is 24.8 Å². The minimum atomic E-state index is -1.09. The first kappa shape index (κ1) is 16.9. The number of benzene rings is 2. The van der Waals surface area contributed by atoms with Crippen LogP contribution in [0.1, 0.15) is 31.4 Å². The fourth-order valence-electron chi connectivity index (χ4n) is 2.70. The van der Waals surface area contributed by atoms with Gasteiger partial charge in [0.25, 0.3) is 0 Å². The van der Waals surface area contributed by atoms with Crippen molar-refractivity contribution < 1.29 is 19.1 Å². The second kappa shape index (κ2) is 7.72. The summed E-state index contributed by atoms with van der Waals surface area (Å²) in [5.74, 6) is -2.22. The third-order valence-electron chi connectivity index (χ3n) is 3.82. The Kier molecular flexibility index (Phi) is 5.68. The summed E-state index contributed by atoms with van der Waals surface area (Å²) in [4.78, 5) is 22.7. The fraction of sp³-hybridized carbons (Fsp3) is 0.333. The number of aliphatic carboxylic acids is 1. The van der Waals surface area contributed by atoms with Crippen molar-refractivity contribution in [2.75, 3.05) is 6.67 Å². The molecule has 1 amide bonds. The molecule has 0 aliphatic rings. The van der Waals surface area contributed by atoms with Crippen LogP contribution in [0.15, 0.2) is 42.5 Å². The first-order chi connectivity index (χ1) is 11.0. The van der Waals surface area contributed by atoms with Gasteiger partial charge in [0.05, 0.1) is 19.1 Å². The van der Waals surface area contributed by atoms with Gasteiger partial charge in [-0.05, 0) is 23.3 Å². The maximum Gasteiger partial charge on any atom is 0.303 e. The number of carbonyl (C=O) groups is 2. The zero-order valence-corrected chi connectivity index (χ0v) is 13.0. The van der Waals surface area contributed by atoms with Crippen LogP contribution in [0.25, 0.3) is 10.8 Å². The average Bonchev–Trinajstić information content (AvgIpc) is 2.53. The van der Waals surface area contributed by atoms with Gasteiger partial charge in [-0.3, -0.25) is 14.0 Å². The lowest BCUT2D eigenvalue weighted by atomic mass is 9.98. The minimum absolute atomic E-state index is 0.127. The molecule has 2 rings (SSSR count). The number of carbonyl (C=O) groups excluding carboxylic acids is 1. The van der Waals surface area contributed by atoms with Crippen molar-refractivity contribution in [3.63, 3.8) is 0 Å². The Bertz CT molecular complexity index is 696. The highest BCUT2D eigenvalue weighted by Crippen LogP contribution is 2.24. The molecule has 2 aromatic rings. The molecular weight excluding hydrogens is 297 g/mol. The van der Waals surface area contributed by atoms with Gasteiger partial charge in [-0.1, -0.05) is 42.5 Å². The van der Waals surface area contributed by atoms with E-state index in [1.165, 1.54) is 0 Å². The summed E-state index contributed by atoms with van der Waals surface area (Å²) in [6.45, 7) is 1.05. The van der Waals surface area contributed by atoms with Crippen LogP contribution in [-0.2, 0) is 9.59 Å². The quantitative estimate of drug-likeness (QED) is 0.822. The van der Waals surface area contributed by atoms with Crippen LogP contribution in [0.2, 0.25) is 0 Å². The Morgan fingerprint density at radius 1 is 1.13 bits per heavy atom. The lowest BCUT2D eigenvalue weighted by Crippen LogP contribution is -2.29. The van der Waals surface area contributed by atoms with Crippen molar-refractivity contribution in [1.82, 2.24) is 5.32 Å². The largest absolute Gasteiger partial charge is 0.481 e. The number of hydrogen-bond donors (Lipinski definition) is 2. The second-order valence-electron chi connectivity index (χ2n) is 5.68. The number of carboxylic acids is 1. The van der Waals surface area contributed by atoms with Gasteiger partial charge in [-0.15, -0.1) is 0 Å². The summed E-state index contributed by atoms with van der Waals surface area (Å²) >= 11 is 0. The van der Waals surface area contributed by atoms with Crippen LogP contribution in [0.5, 0.6) is 0 Å². The van der Waals surface area contributed by atoms with Crippen molar-refractivity contribution in [3.05, 3.63) is 48.0 Å². The van der Waals surface area contributed by atoms with Crippen LogP contribution in [0.4, 0.5) is 4.39 Å². The van der Waals surface area contributed by atoms with Crippen LogP contribution in [0, 0.1) is 5.92 Å². The van der Waals surface area contributed by atoms with Gasteiger partial charge < -0.3 is 10.4 Å². The van der Waals surface area contributed by atoms with Crippen molar-refractivity contribution in [1.29, 1.82) is 0 Å². The molecule has 0 radical (unpaired) electrons. The second-order valence-corrected chi connectivity index (χ2v) is 5.68. The Morgan fingerprint density at radius 3 is 2.52 bits per heavy atom. The van der Waals surface area contributed by atoms with Crippen LogP contribution >= 0.6 is 0 Å². The van der Waals surface area contributed by atoms with Gasteiger partial charge in [-0.2, -0.15) is 0 Å². The van der Waals surface area contributed by atoms with E-state index in [4.69, 9.17) is 5.11 Å². The van der Waals surface area contributed by atoms with E-state index in [0.717, 1.165) is 16.3 Å². The smallest absolute Gasteiger partial charge is 0.303 e. The molecule has 23 heavy (non-hydrogen) atoms. The predicted molar refractivity (Wildman–Crippen MR) is 86.8 cm³/mol. The van der Waals surface area contributed by atoms with E-state index in [1.807, 2.05) is 49.4 Å². The van der Waals surface area contributed by atoms with E-state index in [2.05, 4.69) is 5.32 Å². The molecule has 0 bridgehead atoms. The van der Waals surface area contributed by atoms with Gasteiger partial charge in [0.2, 0.25) is 5.91 Å². The summed E-state index contributed by atoms with van der Waals surface area (Å²) in [5.41, 5.74) is 0.978. The van der Waals surface area contributed by atoms with Gasteiger partial charge in [0.1, 0.15) is 0 Å². The van der Waals surface area contributed by atoms with Gasteiger partial charge >= 0.3 is 5.97 Å². The zero-order valence-electron chi connectivity index (χ0n) is 13.0. The zero-order chi connectivity index (χ0) is 16.8. The molecule has 2 N–H and O–H groups in total. The van der Waals surface area contributed by atoms with Crippen molar-refractivity contribution in [2.45, 2.75) is 25.8 Å². The minimum Gasteiger partial charge on any atom is -0.481 e. The SMILES string of the molecule is C[C@H](NC(=O)C[C@@H](CF)CC(=O)O)c1cccc2ccccc12. The first-order valence-electron chi connectivity index (χ1n) is 7.56. The normalized spacial score (nSPS) is 13.5. The molecule has 0 aromatic heterocycles. The molecule has 0 aliphatic carbocycles. The summed E-state index contributed by atoms with van der Waals surface area (Å²) in [6, 6.07) is 13.5. The Labute approximate surface area is 134 Å². The molecular formula is C18H20FNO3. The molecule has 0 saturated carbocycles. The van der Waals surface area contributed by atoms with Gasteiger partial charge in [0, 0.05) is 12.3 Å². The Balaban J connectivity index is 2.07. The number of nitrogens with one attached hydrogen (secondary N) is 1. The number of halogens is 1. The molecule has 4 nitrogen and oxygen atoms in total. The number of carboxylic acid groups (broad SMARTS) is 1. The summed E-state index contributed by atoms with van der Waals surface area (Å²) in [6.07, 6.45) is -0.468. The number of alkyl halides is 1. The Hall–Kier alpha value is -2.43. The van der Waals surface area contributed by atoms with Crippen LogP contribution in [0.3, 0.4) is 0 Å². The first-order valence-corrected chi connectivity index (χ1v) is 7.56. The Morgan fingerprint density at radius 2 is 1.83 bits per heavy atom. The number of amides is 1. The number of hydrogen-bond acceptors (Lipinski definition) is 2. The van der Waals surface area contributed by atoms with E-state index >= 15 is 0 Å². The molecule has 0 aliphatic heterocycles. The van der Waals surface area contributed by atoms with Crippen LogP contribution in [-0.4, -0.2) is 23.7 Å². The molecule has 122 valence electrons. The third-order valence-corrected chi connectivity index (χ3v) is 3.82. The van der Waals surface area contributed by atoms with Crippen molar-refractivity contribution in [3.8, 4) is 0 Å². The molecule has 0 saturated heterocycles. The van der Waals surface area contributed by atoms with E-state index in [1.54, 1.807) is 0 Å². The molecule has 0 unspecified atom stereocenters. The maximum absolute atomic E-state index is 12.8. The van der Waals surface area contributed by atoms with Crippen molar-refractivity contribution in [2.24, 2.45) is 5.92 Å². The fourth-order valence-corrected chi connectivity index (χ4v) is 2.70. The monoisotopic (exact) mass is 317 g/mol. The summed E-state index contributed by atoms with van der Waals surface area (Å²) < 4.78 is 12.8. The number of rotatable bonds is 7. The molecule has 2 atom stereocenters. The summed E-state index contributed by atoms with van der Waals surface area (Å²) in [7, 11) is 0. The van der Waals surface area contributed by atoms with E-state index in [0.29, 0.717) is 0 Å². The average molecular weight is 317 g/mol. The molecule has 0 spiro atoms. The topological polar surface area (TPSA) is 66.4 Å². The summed E-state index contributed by atoms with van der Waals surface area (Å²) in [5, 5.41) is 13.7. The maximum atomic E-state index is 12.8. The van der Waals surface area contributed by atoms with E-state index < -0.39 is 18.6 Å². The standard InChI is InChI=1S/C18H20FNO3/c1-12(20-17(21)9-13(11-19)10-18(22)23)15-8-4-6-14-5-2-3-7-16(14)15/h2-8,12-13H,9-11H2,1H3,(H,20,21)(H,22,23)/t12-,13+/m0/s1. The molecule has 5 heteroatoms.